The lowest BCUT2D eigenvalue weighted by Gasteiger charge is -2.27. The van der Waals surface area contributed by atoms with Crippen molar-refractivity contribution < 1.29 is 0 Å². The second kappa shape index (κ2) is 3.30. The monoisotopic (exact) mass is 144 g/mol. The van der Waals surface area contributed by atoms with Crippen molar-refractivity contribution in [1.29, 1.82) is 0 Å². The van der Waals surface area contributed by atoms with Gasteiger partial charge in [-0.15, -0.1) is 0 Å². The molecule has 10 heavy (non-hydrogen) atoms. The van der Waals surface area contributed by atoms with Crippen molar-refractivity contribution >= 4 is 0 Å². The molecule has 1 aliphatic heterocycles. The second-order valence-electron chi connectivity index (χ2n) is 2.70. The number of hydrogen-bond acceptors (Lipinski definition) is 4. The highest BCUT2D eigenvalue weighted by atomic mass is 15.9. The Hall–Kier alpha value is -0.160. The summed E-state index contributed by atoms with van der Waals surface area (Å²) in [6, 6.07) is 0.558. The SMILES string of the molecule is CCN1NNCN1C(C)C. The molecular formula is C6H16N4. The summed E-state index contributed by atoms with van der Waals surface area (Å²) >= 11 is 0. The minimum atomic E-state index is 0.558. The van der Waals surface area contributed by atoms with Crippen LogP contribution in [0.4, 0.5) is 0 Å². The summed E-state index contributed by atoms with van der Waals surface area (Å²) in [4.78, 5) is 0. The van der Waals surface area contributed by atoms with Gasteiger partial charge in [-0.05, 0) is 20.8 Å². The van der Waals surface area contributed by atoms with Crippen LogP contribution < -0.4 is 11.0 Å². The van der Waals surface area contributed by atoms with Gasteiger partial charge in [0.05, 0.1) is 6.67 Å². The van der Waals surface area contributed by atoms with Crippen molar-refractivity contribution in [2.45, 2.75) is 26.8 Å². The zero-order valence-corrected chi connectivity index (χ0v) is 6.89. The normalized spacial score (nSPS) is 22.8. The van der Waals surface area contributed by atoms with Gasteiger partial charge in [0.2, 0.25) is 0 Å². The largest absolute Gasteiger partial charge is 0.227 e. The van der Waals surface area contributed by atoms with E-state index >= 15 is 0 Å². The molecule has 0 atom stereocenters. The second-order valence-corrected chi connectivity index (χ2v) is 2.70. The number of hydrogen-bond donors (Lipinski definition) is 2. The molecule has 0 spiro atoms. The summed E-state index contributed by atoms with van der Waals surface area (Å²) in [5.74, 6) is 0. The molecule has 60 valence electrons. The molecule has 0 unspecified atom stereocenters. The zero-order valence-electron chi connectivity index (χ0n) is 6.89. The van der Waals surface area contributed by atoms with Crippen molar-refractivity contribution in [1.82, 2.24) is 21.1 Å². The molecule has 0 bridgehead atoms. The van der Waals surface area contributed by atoms with Crippen LogP contribution in [0.5, 0.6) is 0 Å². The van der Waals surface area contributed by atoms with Crippen molar-refractivity contribution in [2.24, 2.45) is 0 Å². The van der Waals surface area contributed by atoms with Crippen molar-refractivity contribution in [3.05, 3.63) is 0 Å². The van der Waals surface area contributed by atoms with Gasteiger partial charge in [0.15, 0.2) is 0 Å². The summed E-state index contributed by atoms with van der Waals surface area (Å²) in [5.41, 5.74) is 6.10. The highest BCUT2D eigenvalue weighted by Crippen LogP contribution is 2.02. The van der Waals surface area contributed by atoms with E-state index < -0.39 is 0 Å². The lowest BCUT2D eigenvalue weighted by Crippen LogP contribution is -2.45. The van der Waals surface area contributed by atoms with Gasteiger partial charge in [-0.2, -0.15) is 10.7 Å². The topological polar surface area (TPSA) is 30.5 Å². The molecular weight excluding hydrogens is 128 g/mol. The average Bonchev–Trinajstić information content (AvgIpc) is 2.33. The van der Waals surface area contributed by atoms with Crippen molar-refractivity contribution in [3.8, 4) is 0 Å². The Labute approximate surface area is 62.1 Å². The number of rotatable bonds is 2. The Kier molecular flexibility index (Phi) is 2.62. The Balaban J connectivity index is 2.42. The summed E-state index contributed by atoms with van der Waals surface area (Å²) < 4.78 is 0. The van der Waals surface area contributed by atoms with Crippen LogP contribution in [0.15, 0.2) is 0 Å². The van der Waals surface area contributed by atoms with E-state index in [1.54, 1.807) is 0 Å². The Bertz CT molecular complexity index is 104. The maximum absolute atomic E-state index is 3.06. The molecule has 0 saturated carbocycles. The smallest absolute Gasteiger partial charge is 0.0784 e. The lowest BCUT2D eigenvalue weighted by atomic mass is 10.4. The molecule has 0 amide bonds. The van der Waals surface area contributed by atoms with Crippen LogP contribution in [0.25, 0.3) is 0 Å². The molecule has 1 rings (SSSR count). The van der Waals surface area contributed by atoms with Crippen molar-refractivity contribution in [3.63, 3.8) is 0 Å². The Morgan fingerprint density at radius 2 is 2.20 bits per heavy atom. The van der Waals surface area contributed by atoms with E-state index in [2.05, 4.69) is 41.9 Å². The van der Waals surface area contributed by atoms with Crippen LogP contribution in [0, 0.1) is 0 Å². The molecule has 1 heterocycles. The molecule has 0 aromatic rings. The molecule has 1 aliphatic rings. The molecule has 2 N–H and O–H groups in total. The number of nitrogens with one attached hydrogen (secondary N) is 2. The summed E-state index contributed by atoms with van der Waals surface area (Å²) in [6.07, 6.45) is 0. The van der Waals surface area contributed by atoms with E-state index in [1.807, 2.05) is 0 Å². The molecule has 4 heteroatoms. The van der Waals surface area contributed by atoms with Crippen molar-refractivity contribution in [2.75, 3.05) is 13.2 Å². The van der Waals surface area contributed by atoms with Gasteiger partial charge in [0, 0.05) is 12.6 Å². The number of hydrazine groups is 3. The highest BCUT2D eigenvalue weighted by Gasteiger charge is 2.21. The van der Waals surface area contributed by atoms with Gasteiger partial charge >= 0.3 is 0 Å². The predicted octanol–water partition coefficient (Wildman–Crippen LogP) is -0.0860. The third-order valence-corrected chi connectivity index (χ3v) is 1.65. The first-order valence-corrected chi connectivity index (χ1v) is 3.78. The summed E-state index contributed by atoms with van der Waals surface area (Å²) in [5, 5.41) is 4.31. The van der Waals surface area contributed by atoms with Crippen LogP contribution in [-0.2, 0) is 0 Å². The van der Waals surface area contributed by atoms with Gasteiger partial charge < -0.3 is 0 Å². The van der Waals surface area contributed by atoms with Crippen LogP contribution in [-0.4, -0.2) is 29.4 Å². The fourth-order valence-corrected chi connectivity index (χ4v) is 1.08. The third kappa shape index (κ3) is 1.46. The van der Waals surface area contributed by atoms with Gasteiger partial charge in [-0.1, -0.05) is 0 Å². The van der Waals surface area contributed by atoms with Crippen LogP contribution in [0.2, 0.25) is 0 Å². The lowest BCUT2D eigenvalue weighted by molar-refractivity contribution is -0.0319. The highest BCUT2D eigenvalue weighted by molar-refractivity contribution is 4.60. The molecule has 0 aromatic heterocycles. The van der Waals surface area contributed by atoms with Gasteiger partial charge in [0.25, 0.3) is 0 Å². The fraction of sp³-hybridized carbons (Fsp3) is 1.00. The van der Waals surface area contributed by atoms with E-state index in [0.717, 1.165) is 13.2 Å². The van der Waals surface area contributed by atoms with Crippen LogP contribution in [0.1, 0.15) is 20.8 Å². The maximum Gasteiger partial charge on any atom is 0.0784 e. The molecule has 1 fully saturated rings. The van der Waals surface area contributed by atoms with E-state index in [4.69, 9.17) is 0 Å². The summed E-state index contributed by atoms with van der Waals surface area (Å²) in [7, 11) is 0. The first-order valence-electron chi connectivity index (χ1n) is 3.78. The zero-order chi connectivity index (χ0) is 7.56. The maximum atomic E-state index is 3.06. The minimum Gasteiger partial charge on any atom is -0.227 e. The van der Waals surface area contributed by atoms with Crippen LogP contribution >= 0.6 is 0 Å². The average molecular weight is 144 g/mol. The standard InChI is InChI=1S/C6H16N4/c1-4-10-8-7-5-9(10)6(2)3/h6-8H,4-5H2,1-3H3. The van der Waals surface area contributed by atoms with Gasteiger partial charge in [-0.3, -0.25) is 0 Å². The first-order chi connectivity index (χ1) is 4.75. The van der Waals surface area contributed by atoms with E-state index in [9.17, 15) is 0 Å². The molecule has 0 aliphatic carbocycles. The molecule has 4 nitrogen and oxygen atoms in total. The van der Waals surface area contributed by atoms with Gasteiger partial charge in [0.1, 0.15) is 0 Å². The Morgan fingerprint density at radius 1 is 1.50 bits per heavy atom. The predicted molar refractivity (Wildman–Crippen MR) is 40.5 cm³/mol. The summed E-state index contributed by atoms with van der Waals surface area (Å²) in [6.45, 7) is 8.36. The Morgan fingerprint density at radius 3 is 2.60 bits per heavy atom. The molecule has 0 aromatic carbocycles. The van der Waals surface area contributed by atoms with E-state index in [1.165, 1.54) is 0 Å². The fourth-order valence-electron chi connectivity index (χ4n) is 1.08. The van der Waals surface area contributed by atoms with E-state index in [0.29, 0.717) is 6.04 Å². The molecule has 0 radical (unpaired) electrons. The van der Waals surface area contributed by atoms with Gasteiger partial charge in [-0.25, -0.2) is 10.4 Å². The third-order valence-electron chi connectivity index (χ3n) is 1.65. The van der Waals surface area contributed by atoms with Crippen LogP contribution in [0.3, 0.4) is 0 Å². The minimum absolute atomic E-state index is 0.558. The molecule has 1 saturated heterocycles. The van der Waals surface area contributed by atoms with E-state index in [-0.39, 0.29) is 0 Å². The number of nitrogens with zero attached hydrogens (tertiary/aromatic N) is 2. The quantitative estimate of drug-likeness (QED) is 0.567. The first kappa shape index (κ1) is 7.94.